The highest BCUT2D eigenvalue weighted by Crippen LogP contribution is 2.10. The number of nitrogens with one attached hydrogen (secondary N) is 4. The number of carboxylic acid groups (broad SMARTS) is 1. The molecule has 214 valence electrons. The van der Waals surface area contributed by atoms with Gasteiger partial charge in [-0.2, -0.15) is 0 Å². The van der Waals surface area contributed by atoms with Crippen LogP contribution in [0.1, 0.15) is 59.1 Å². The van der Waals surface area contributed by atoms with Crippen LogP contribution in [0.3, 0.4) is 0 Å². The molecule has 1 aromatic heterocycles. The molecule has 14 nitrogen and oxygen atoms in total. The standard InChI is InChI=1S/C24H43N9O5/c1-13(2)8-17(31-20(34)16(25)6-5-7-29-24(26)27)21(35)32-18(9-14(3)4)22(36)33-19(23(37)38)10-15-11-28-12-30-15/h11-14,16-19H,5-10,25H2,1-4H3,(H,28,30)(H,31,34)(H,32,35)(H,33,36)(H,37,38)(H4,26,27,29). The molecule has 1 aromatic rings. The minimum Gasteiger partial charge on any atom is -0.480 e. The van der Waals surface area contributed by atoms with Gasteiger partial charge in [-0.1, -0.05) is 27.7 Å². The molecule has 0 spiro atoms. The molecule has 0 aliphatic rings. The number of H-pyrrole nitrogens is 1. The number of nitrogens with zero attached hydrogens (tertiary/aromatic N) is 2. The maximum absolute atomic E-state index is 13.2. The molecule has 0 radical (unpaired) electrons. The molecule has 14 heteroatoms. The fourth-order valence-electron chi connectivity index (χ4n) is 3.70. The van der Waals surface area contributed by atoms with E-state index < -0.39 is 47.9 Å². The summed E-state index contributed by atoms with van der Waals surface area (Å²) in [5, 5.41) is 17.5. The molecule has 0 aliphatic heterocycles. The molecule has 11 N–H and O–H groups in total. The summed E-state index contributed by atoms with van der Waals surface area (Å²) >= 11 is 0. The number of aliphatic carboxylic acids is 1. The predicted octanol–water partition coefficient (Wildman–Crippen LogP) is -1.04. The highest BCUT2D eigenvalue weighted by Gasteiger charge is 2.31. The number of aromatic nitrogens is 2. The summed E-state index contributed by atoms with van der Waals surface area (Å²) in [4.78, 5) is 61.3. The first-order chi connectivity index (χ1) is 17.8. The smallest absolute Gasteiger partial charge is 0.326 e. The van der Waals surface area contributed by atoms with Crippen LogP contribution >= 0.6 is 0 Å². The van der Waals surface area contributed by atoms with Gasteiger partial charge in [0.2, 0.25) is 17.7 Å². The molecule has 0 bridgehead atoms. The molecular formula is C24H43N9O5. The Morgan fingerprint density at radius 1 is 0.947 bits per heavy atom. The number of guanidine groups is 1. The van der Waals surface area contributed by atoms with Crippen LogP contribution in [0.15, 0.2) is 17.5 Å². The summed E-state index contributed by atoms with van der Waals surface area (Å²) < 4.78 is 0. The number of hydrogen-bond acceptors (Lipinski definition) is 7. The number of carboxylic acids is 1. The molecule has 0 aliphatic carbocycles. The Labute approximate surface area is 223 Å². The second-order valence-electron chi connectivity index (χ2n) is 10.1. The molecule has 4 atom stereocenters. The average molecular weight is 538 g/mol. The summed E-state index contributed by atoms with van der Waals surface area (Å²) in [7, 11) is 0. The Morgan fingerprint density at radius 3 is 1.92 bits per heavy atom. The minimum absolute atomic E-state index is 0.00345. The normalized spacial score (nSPS) is 14.3. The van der Waals surface area contributed by atoms with E-state index in [0.29, 0.717) is 31.5 Å². The van der Waals surface area contributed by atoms with Crippen molar-refractivity contribution < 1.29 is 24.3 Å². The van der Waals surface area contributed by atoms with E-state index in [2.05, 4.69) is 30.9 Å². The molecule has 0 fully saturated rings. The zero-order valence-electron chi connectivity index (χ0n) is 22.6. The van der Waals surface area contributed by atoms with Gasteiger partial charge in [-0.05, 0) is 37.5 Å². The lowest BCUT2D eigenvalue weighted by atomic mass is 9.99. The van der Waals surface area contributed by atoms with Crippen molar-refractivity contribution in [3.8, 4) is 0 Å². The van der Waals surface area contributed by atoms with Gasteiger partial charge in [-0.25, -0.2) is 9.78 Å². The summed E-state index contributed by atoms with van der Waals surface area (Å²) in [5.41, 5.74) is 17.1. The summed E-state index contributed by atoms with van der Waals surface area (Å²) in [6.07, 6.45) is 4.25. The van der Waals surface area contributed by atoms with Crippen molar-refractivity contribution in [3.05, 3.63) is 18.2 Å². The molecule has 38 heavy (non-hydrogen) atoms. The molecule has 1 rings (SSSR count). The largest absolute Gasteiger partial charge is 0.480 e. The van der Waals surface area contributed by atoms with E-state index in [-0.39, 0.29) is 30.6 Å². The number of aliphatic imine (C=N–C) groups is 1. The Morgan fingerprint density at radius 2 is 1.47 bits per heavy atom. The molecule has 4 unspecified atom stereocenters. The van der Waals surface area contributed by atoms with Crippen molar-refractivity contribution in [2.75, 3.05) is 6.54 Å². The zero-order valence-corrected chi connectivity index (χ0v) is 22.6. The van der Waals surface area contributed by atoms with Crippen LogP contribution in [0, 0.1) is 11.8 Å². The molecule has 0 saturated carbocycles. The van der Waals surface area contributed by atoms with Gasteiger partial charge in [0.25, 0.3) is 0 Å². The monoisotopic (exact) mass is 537 g/mol. The number of aromatic amines is 1. The molecule has 3 amide bonds. The summed E-state index contributed by atoms with van der Waals surface area (Å²) in [6.45, 7) is 7.86. The Kier molecular flexibility index (Phi) is 13.8. The third-order valence-corrected chi connectivity index (χ3v) is 5.58. The van der Waals surface area contributed by atoms with E-state index in [4.69, 9.17) is 17.2 Å². The lowest BCUT2D eigenvalue weighted by Crippen LogP contribution is -2.57. The van der Waals surface area contributed by atoms with Crippen LogP contribution in [-0.4, -0.2) is 75.4 Å². The van der Waals surface area contributed by atoms with Crippen molar-refractivity contribution in [2.24, 2.45) is 34.0 Å². The SMILES string of the molecule is CC(C)CC(NC(=O)C(N)CCCN=C(N)N)C(=O)NC(CC(C)C)C(=O)NC(Cc1cnc[nH]1)C(=O)O. The third kappa shape index (κ3) is 12.5. The van der Waals surface area contributed by atoms with Crippen molar-refractivity contribution in [1.29, 1.82) is 0 Å². The van der Waals surface area contributed by atoms with Crippen molar-refractivity contribution in [2.45, 2.75) is 84.0 Å². The second kappa shape index (κ2) is 16.2. The van der Waals surface area contributed by atoms with E-state index in [9.17, 15) is 24.3 Å². The van der Waals surface area contributed by atoms with Crippen LogP contribution in [-0.2, 0) is 25.6 Å². The average Bonchev–Trinajstić information content (AvgIpc) is 3.32. The molecular weight excluding hydrogens is 494 g/mol. The van der Waals surface area contributed by atoms with Crippen molar-refractivity contribution >= 4 is 29.7 Å². The number of amides is 3. The highest BCUT2D eigenvalue weighted by atomic mass is 16.4. The number of carbonyl (C=O) groups is 4. The third-order valence-electron chi connectivity index (χ3n) is 5.58. The Bertz CT molecular complexity index is 930. The zero-order chi connectivity index (χ0) is 28.8. The fraction of sp³-hybridized carbons (Fsp3) is 0.667. The quantitative estimate of drug-likeness (QED) is 0.0686. The first-order valence-corrected chi connectivity index (χ1v) is 12.7. The maximum Gasteiger partial charge on any atom is 0.326 e. The van der Waals surface area contributed by atoms with Gasteiger partial charge >= 0.3 is 5.97 Å². The first kappa shape index (κ1) is 32.3. The number of carbonyl (C=O) groups excluding carboxylic acids is 3. The van der Waals surface area contributed by atoms with E-state index in [0.717, 1.165) is 0 Å². The summed E-state index contributed by atoms with van der Waals surface area (Å²) in [6, 6.07) is -4.04. The minimum atomic E-state index is -1.22. The number of rotatable bonds is 17. The van der Waals surface area contributed by atoms with E-state index in [1.165, 1.54) is 12.5 Å². The van der Waals surface area contributed by atoms with E-state index in [1.54, 1.807) is 0 Å². The maximum atomic E-state index is 13.2. The number of imidazole rings is 1. The summed E-state index contributed by atoms with van der Waals surface area (Å²) in [5.74, 6) is -2.91. The van der Waals surface area contributed by atoms with Gasteiger partial charge in [-0.15, -0.1) is 0 Å². The van der Waals surface area contributed by atoms with Crippen LogP contribution in [0.5, 0.6) is 0 Å². The topological polar surface area (TPSA) is 244 Å². The fourth-order valence-corrected chi connectivity index (χ4v) is 3.70. The van der Waals surface area contributed by atoms with E-state index in [1.807, 2.05) is 27.7 Å². The second-order valence-corrected chi connectivity index (χ2v) is 10.1. The van der Waals surface area contributed by atoms with Crippen LogP contribution in [0.4, 0.5) is 0 Å². The Balaban J connectivity index is 2.91. The highest BCUT2D eigenvalue weighted by molar-refractivity contribution is 5.94. The van der Waals surface area contributed by atoms with Gasteiger partial charge in [0, 0.05) is 24.9 Å². The van der Waals surface area contributed by atoms with Crippen LogP contribution < -0.4 is 33.2 Å². The van der Waals surface area contributed by atoms with Gasteiger partial charge in [-0.3, -0.25) is 19.4 Å². The van der Waals surface area contributed by atoms with Crippen molar-refractivity contribution in [3.63, 3.8) is 0 Å². The lowest BCUT2D eigenvalue weighted by molar-refractivity contribution is -0.142. The van der Waals surface area contributed by atoms with Gasteiger partial charge in [0.1, 0.15) is 18.1 Å². The van der Waals surface area contributed by atoms with E-state index >= 15 is 0 Å². The van der Waals surface area contributed by atoms with Gasteiger partial charge < -0.3 is 43.2 Å². The molecule has 0 saturated heterocycles. The van der Waals surface area contributed by atoms with Crippen molar-refractivity contribution in [1.82, 2.24) is 25.9 Å². The van der Waals surface area contributed by atoms with Gasteiger partial charge in [0.15, 0.2) is 5.96 Å². The molecule has 0 aromatic carbocycles. The number of nitrogens with two attached hydrogens (primary N) is 3. The predicted molar refractivity (Wildman–Crippen MR) is 143 cm³/mol. The van der Waals surface area contributed by atoms with Gasteiger partial charge in [0.05, 0.1) is 12.4 Å². The first-order valence-electron chi connectivity index (χ1n) is 12.7. The van der Waals surface area contributed by atoms with Crippen LogP contribution in [0.25, 0.3) is 0 Å². The molecule has 1 heterocycles. The Hall–Kier alpha value is -3.68. The number of hydrogen-bond donors (Lipinski definition) is 8. The van der Waals surface area contributed by atoms with Crippen LogP contribution in [0.2, 0.25) is 0 Å². The lowest BCUT2D eigenvalue weighted by Gasteiger charge is -2.26.